The first-order chi connectivity index (χ1) is 8.15. The van der Waals surface area contributed by atoms with Gasteiger partial charge in [0, 0.05) is 6.54 Å². The molecule has 0 spiro atoms. The molecule has 0 N–H and O–H groups in total. The highest BCUT2D eigenvalue weighted by molar-refractivity contribution is 5.82. The standard InChI is InChI=1S/C13H16N2O2/c1-15(10-12(16)7-8-14)9-11-3-5-13(17-2)6-4-11/h3-6H,7,9-10H2,1-2H3. The van der Waals surface area contributed by atoms with E-state index in [0.29, 0.717) is 13.1 Å². The minimum absolute atomic E-state index is 0.0209. The summed E-state index contributed by atoms with van der Waals surface area (Å²) in [5, 5.41) is 8.39. The average molecular weight is 232 g/mol. The highest BCUT2D eigenvalue weighted by Crippen LogP contribution is 2.12. The van der Waals surface area contributed by atoms with E-state index in [1.165, 1.54) is 0 Å². The summed E-state index contributed by atoms with van der Waals surface area (Å²) in [6.07, 6.45) is -0.0209. The third-order valence-corrected chi connectivity index (χ3v) is 2.33. The second kappa shape index (κ2) is 6.66. The van der Waals surface area contributed by atoms with Crippen molar-refractivity contribution in [3.05, 3.63) is 29.8 Å². The van der Waals surface area contributed by atoms with Gasteiger partial charge in [0.1, 0.15) is 5.75 Å². The van der Waals surface area contributed by atoms with Gasteiger partial charge in [-0.3, -0.25) is 9.69 Å². The molecule has 90 valence electrons. The largest absolute Gasteiger partial charge is 0.497 e. The van der Waals surface area contributed by atoms with E-state index in [-0.39, 0.29) is 12.2 Å². The first kappa shape index (κ1) is 13.2. The van der Waals surface area contributed by atoms with Crippen LogP contribution in [-0.4, -0.2) is 31.4 Å². The fourth-order valence-corrected chi connectivity index (χ4v) is 1.54. The minimum Gasteiger partial charge on any atom is -0.497 e. The van der Waals surface area contributed by atoms with Crippen LogP contribution in [0, 0.1) is 11.3 Å². The lowest BCUT2D eigenvalue weighted by Crippen LogP contribution is -2.25. The number of hydrogen-bond donors (Lipinski definition) is 0. The van der Waals surface area contributed by atoms with Crippen LogP contribution < -0.4 is 4.74 Å². The maximum absolute atomic E-state index is 11.3. The summed E-state index contributed by atoms with van der Waals surface area (Å²) in [5.41, 5.74) is 1.11. The molecular weight excluding hydrogens is 216 g/mol. The van der Waals surface area contributed by atoms with Crippen LogP contribution in [0.5, 0.6) is 5.75 Å². The predicted molar refractivity (Wildman–Crippen MR) is 64.6 cm³/mol. The number of methoxy groups -OCH3 is 1. The molecule has 0 aliphatic heterocycles. The van der Waals surface area contributed by atoms with Crippen LogP contribution in [0.4, 0.5) is 0 Å². The Kier molecular flexibility index (Phi) is 5.18. The molecule has 0 bridgehead atoms. The summed E-state index contributed by atoms with van der Waals surface area (Å²) in [5.74, 6) is 0.764. The van der Waals surface area contributed by atoms with Gasteiger partial charge in [-0.2, -0.15) is 5.26 Å². The number of ketones is 1. The number of nitriles is 1. The van der Waals surface area contributed by atoms with Crippen molar-refractivity contribution in [2.24, 2.45) is 0 Å². The van der Waals surface area contributed by atoms with Crippen LogP contribution >= 0.6 is 0 Å². The molecule has 0 saturated carbocycles. The number of carbonyl (C=O) groups is 1. The molecule has 0 amide bonds. The molecule has 0 aliphatic rings. The Bertz CT molecular complexity index is 406. The van der Waals surface area contributed by atoms with E-state index in [2.05, 4.69) is 0 Å². The van der Waals surface area contributed by atoms with E-state index in [1.54, 1.807) is 7.11 Å². The highest BCUT2D eigenvalue weighted by Gasteiger charge is 2.06. The molecule has 0 radical (unpaired) electrons. The van der Waals surface area contributed by atoms with Gasteiger partial charge in [0.05, 0.1) is 26.1 Å². The number of ether oxygens (including phenoxy) is 1. The van der Waals surface area contributed by atoms with Crippen molar-refractivity contribution in [2.75, 3.05) is 20.7 Å². The SMILES string of the molecule is COc1ccc(CN(C)CC(=O)CC#N)cc1. The number of Topliss-reactive ketones (excluding diaryl/α,β-unsaturated/α-hetero) is 1. The zero-order valence-corrected chi connectivity index (χ0v) is 10.1. The lowest BCUT2D eigenvalue weighted by Gasteiger charge is -2.15. The molecule has 0 aromatic heterocycles. The predicted octanol–water partition coefficient (Wildman–Crippen LogP) is 1.61. The van der Waals surface area contributed by atoms with Gasteiger partial charge in [-0.15, -0.1) is 0 Å². The van der Waals surface area contributed by atoms with Gasteiger partial charge in [-0.05, 0) is 24.7 Å². The van der Waals surface area contributed by atoms with Crippen molar-refractivity contribution in [3.63, 3.8) is 0 Å². The van der Waals surface area contributed by atoms with Crippen LogP contribution in [-0.2, 0) is 11.3 Å². The van der Waals surface area contributed by atoms with Crippen molar-refractivity contribution < 1.29 is 9.53 Å². The second-order valence-corrected chi connectivity index (χ2v) is 3.89. The van der Waals surface area contributed by atoms with Crippen molar-refractivity contribution in [3.8, 4) is 11.8 Å². The van der Waals surface area contributed by atoms with Crippen LogP contribution in [0.1, 0.15) is 12.0 Å². The summed E-state index contributed by atoms with van der Waals surface area (Å²) >= 11 is 0. The molecule has 0 saturated heterocycles. The van der Waals surface area contributed by atoms with Crippen LogP contribution in [0.2, 0.25) is 0 Å². The number of rotatable bonds is 6. The summed E-state index contributed by atoms with van der Waals surface area (Å²) < 4.78 is 5.07. The minimum atomic E-state index is -0.0523. The number of hydrogen-bond acceptors (Lipinski definition) is 4. The fraction of sp³-hybridized carbons (Fsp3) is 0.385. The molecule has 1 rings (SSSR count). The van der Waals surface area contributed by atoms with E-state index in [1.807, 2.05) is 42.3 Å². The average Bonchev–Trinajstić information content (AvgIpc) is 2.30. The van der Waals surface area contributed by atoms with Crippen LogP contribution in [0.15, 0.2) is 24.3 Å². The first-order valence-electron chi connectivity index (χ1n) is 5.36. The Balaban J connectivity index is 2.47. The van der Waals surface area contributed by atoms with Crippen molar-refractivity contribution >= 4 is 5.78 Å². The summed E-state index contributed by atoms with van der Waals surface area (Å²) in [4.78, 5) is 13.2. The van der Waals surface area contributed by atoms with Gasteiger partial charge < -0.3 is 4.74 Å². The molecule has 1 aromatic rings. The second-order valence-electron chi connectivity index (χ2n) is 3.89. The third kappa shape index (κ3) is 4.66. The van der Waals surface area contributed by atoms with Gasteiger partial charge >= 0.3 is 0 Å². The lowest BCUT2D eigenvalue weighted by molar-refractivity contribution is -0.119. The molecule has 0 heterocycles. The molecule has 0 unspecified atom stereocenters. The van der Waals surface area contributed by atoms with E-state index in [4.69, 9.17) is 10.00 Å². The van der Waals surface area contributed by atoms with Gasteiger partial charge in [0.2, 0.25) is 0 Å². The number of likely N-dealkylation sites (N-methyl/N-ethyl adjacent to an activating group) is 1. The molecular formula is C13H16N2O2. The van der Waals surface area contributed by atoms with Crippen LogP contribution in [0.25, 0.3) is 0 Å². The molecule has 1 aromatic carbocycles. The van der Waals surface area contributed by atoms with E-state index in [9.17, 15) is 4.79 Å². The zero-order chi connectivity index (χ0) is 12.7. The molecule has 0 fully saturated rings. The smallest absolute Gasteiger partial charge is 0.160 e. The molecule has 0 aliphatic carbocycles. The quantitative estimate of drug-likeness (QED) is 0.747. The highest BCUT2D eigenvalue weighted by atomic mass is 16.5. The fourth-order valence-electron chi connectivity index (χ4n) is 1.54. The van der Waals surface area contributed by atoms with E-state index >= 15 is 0 Å². The Morgan fingerprint density at radius 1 is 1.41 bits per heavy atom. The maximum Gasteiger partial charge on any atom is 0.160 e. The van der Waals surface area contributed by atoms with Crippen molar-refractivity contribution in [1.82, 2.24) is 4.90 Å². The number of carbonyl (C=O) groups excluding carboxylic acids is 1. The molecule has 17 heavy (non-hydrogen) atoms. The maximum atomic E-state index is 11.3. The van der Waals surface area contributed by atoms with Crippen molar-refractivity contribution in [1.29, 1.82) is 5.26 Å². The van der Waals surface area contributed by atoms with Crippen molar-refractivity contribution in [2.45, 2.75) is 13.0 Å². The Morgan fingerprint density at radius 3 is 2.59 bits per heavy atom. The normalized spacial score (nSPS) is 10.0. The van der Waals surface area contributed by atoms with Gasteiger partial charge in [0.25, 0.3) is 0 Å². The third-order valence-electron chi connectivity index (χ3n) is 2.33. The van der Waals surface area contributed by atoms with Gasteiger partial charge in [-0.25, -0.2) is 0 Å². The van der Waals surface area contributed by atoms with E-state index < -0.39 is 0 Å². The molecule has 0 atom stereocenters. The topological polar surface area (TPSA) is 53.3 Å². The van der Waals surface area contributed by atoms with E-state index in [0.717, 1.165) is 11.3 Å². The van der Waals surface area contributed by atoms with Crippen LogP contribution in [0.3, 0.4) is 0 Å². The van der Waals surface area contributed by atoms with Gasteiger partial charge in [0.15, 0.2) is 5.78 Å². The molecule has 4 heteroatoms. The number of nitrogens with zero attached hydrogens (tertiary/aromatic N) is 2. The lowest BCUT2D eigenvalue weighted by atomic mass is 10.2. The molecule has 4 nitrogen and oxygen atoms in total. The summed E-state index contributed by atoms with van der Waals surface area (Å²) in [7, 11) is 3.49. The monoisotopic (exact) mass is 232 g/mol. The zero-order valence-electron chi connectivity index (χ0n) is 10.1. The Labute approximate surface area is 101 Å². The summed E-state index contributed by atoms with van der Waals surface area (Å²) in [6, 6.07) is 9.56. The van der Waals surface area contributed by atoms with Gasteiger partial charge in [-0.1, -0.05) is 12.1 Å². The summed E-state index contributed by atoms with van der Waals surface area (Å²) in [6.45, 7) is 0.987. The first-order valence-corrected chi connectivity index (χ1v) is 5.36. The number of benzene rings is 1. The Morgan fingerprint density at radius 2 is 2.06 bits per heavy atom. The Hall–Kier alpha value is -1.86.